The lowest BCUT2D eigenvalue weighted by Gasteiger charge is -2.17. The molecule has 0 radical (unpaired) electrons. The van der Waals surface area contributed by atoms with Crippen molar-refractivity contribution in [2.45, 2.75) is 44.7 Å². The van der Waals surface area contributed by atoms with Crippen LogP contribution >= 0.6 is 0 Å². The van der Waals surface area contributed by atoms with Crippen molar-refractivity contribution in [2.75, 3.05) is 5.32 Å². The van der Waals surface area contributed by atoms with E-state index in [2.05, 4.69) is 16.7 Å². The van der Waals surface area contributed by atoms with Crippen LogP contribution in [0.5, 0.6) is 0 Å². The summed E-state index contributed by atoms with van der Waals surface area (Å²) in [4.78, 5) is 10.9. The first-order valence-electron chi connectivity index (χ1n) is 6.72. The Bertz CT molecular complexity index is 469. The minimum absolute atomic E-state index is 0.0892. The third-order valence-corrected chi connectivity index (χ3v) is 3.45. The highest BCUT2D eigenvalue weighted by Crippen LogP contribution is 2.22. The maximum absolute atomic E-state index is 10.9. The fourth-order valence-corrected chi connectivity index (χ4v) is 2.50. The molecule has 4 nitrogen and oxygen atoms in total. The summed E-state index contributed by atoms with van der Waals surface area (Å²) in [7, 11) is 0. The summed E-state index contributed by atoms with van der Waals surface area (Å²) in [5.74, 6) is -0.0892. The molecule has 0 aromatic heterocycles. The number of amides is 1. The van der Waals surface area contributed by atoms with Crippen LogP contribution in [0.4, 0.5) is 5.69 Å². The molecule has 0 aliphatic heterocycles. The number of rotatable bonds is 4. The van der Waals surface area contributed by atoms with Gasteiger partial charge in [-0.2, -0.15) is 5.26 Å². The van der Waals surface area contributed by atoms with Gasteiger partial charge in [0.15, 0.2) is 0 Å². The van der Waals surface area contributed by atoms with Crippen molar-refractivity contribution in [3.63, 3.8) is 0 Å². The second-order valence-electron chi connectivity index (χ2n) is 5.01. The van der Waals surface area contributed by atoms with Gasteiger partial charge in [0.25, 0.3) is 0 Å². The molecule has 1 aliphatic carbocycles. The third-order valence-electron chi connectivity index (χ3n) is 3.45. The number of nitriles is 1. The molecule has 1 unspecified atom stereocenters. The Morgan fingerprint density at radius 2 is 1.95 bits per heavy atom. The van der Waals surface area contributed by atoms with Gasteiger partial charge in [-0.15, -0.1) is 0 Å². The third kappa shape index (κ3) is 3.80. The van der Waals surface area contributed by atoms with Gasteiger partial charge >= 0.3 is 0 Å². The monoisotopic (exact) mass is 257 g/mol. The number of nitrogens with one attached hydrogen (secondary N) is 2. The Morgan fingerprint density at radius 3 is 2.47 bits per heavy atom. The minimum Gasteiger partial charge on any atom is -0.326 e. The molecule has 1 fully saturated rings. The first-order chi connectivity index (χ1) is 9.19. The number of benzene rings is 1. The van der Waals surface area contributed by atoms with Crippen molar-refractivity contribution in [3.05, 3.63) is 29.8 Å². The Kier molecular flexibility index (Phi) is 4.53. The minimum atomic E-state index is -0.269. The average molecular weight is 257 g/mol. The molecule has 1 aliphatic rings. The molecule has 0 bridgehead atoms. The van der Waals surface area contributed by atoms with Crippen molar-refractivity contribution in [2.24, 2.45) is 0 Å². The largest absolute Gasteiger partial charge is 0.326 e. The molecule has 0 spiro atoms. The highest BCUT2D eigenvalue weighted by Gasteiger charge is 2.19. The second-order valence-corrected chi connectivity index (χ2v) is 5.01. The van der Waals surface area contributed by atoms with E-state index in [9.17, 15) is 10.1 Å². The van der Waals surface area contributed by atoms with Crippen molar-refractivity contribution >= 4 is 11.6 Å². The first kappa shape index (κ1) is 13.6. The number of hydrogen-bond acceptors (Lipinski definition) is 3. The number of anilines is 1. The molecule has 0 saturated heterocycles. The van der Waals surface area contributed by atoms with Gasteiger partial charge in [0.2, 0.25) is 5.91 Å². The molecule has 0 heterocycles. The number of carbonyl (C=O) groups excluding carboxylic acids is 1. The summed E-state index contributed by atoms with van der Waals surface area (Å²) in [6.45, 7) is 1.48. The van der Waals surface area contributed by atoms with Crippen LogP contribution in [0.15, 0.2) is 24.3 Å². The van der Waals surface area contributed by atoms with E-state index < -0.39 is 0 Å². The van der Waals surface area contributed by atoms with Gasteiger partial charge in [0.05, 0.1) is 6.07 Å². The van der Waals surface area contributed by atoms with E-state index in [4.69, 9.17) is 0 Å². The summed E-state index contributed by atoms with van der Waals surface area (Å²) in [6.07, 6.45) is 4.80. The van der Waals surface area contributed by atoms with Gasteiger partial charge in [-0.25, -0.2) is 0 Å². The van der Waals surface area contributed by atoms with Crippen LogP contribution in [0.1, 0.15) is 44.2 Å². The van der Waals surface area contributed by atoms with E-state index in [1.807, 2.05) is 24.3 Å². The first-order valence-corrected chi connectivity index (χ1v) is 6.72. The quantitative estimate of drug-likeness (QED) is 0.871. The fourth-order valence-electron chi connectivity index (χ4n) is 2.50. The topological polar surface area (TPSA) is 64.9 Å². The van der Waals surface area contributed by atoms with Crippen LogP contribution in [0.25, 0.3) is 0 Å². The molecular formula is C15H19N3O. The second kappa shape index (κ2) is 6.35. The van der Waals surface area contributed by atoms with Crippen molar-refractivity contribution in [1.82, 2.24) is 5.32 Å². The molecule has 4 heteroatoms. The molecule has 2 N–H and O–H groups in total. The highest BCUT2D eigenvalue weighted by molar-refractivity contribution is 5.88. The summed E-state index contributed by atoms with van der Waals surface area (Å²) >= 11 is 0. The van der Waals surface area contributed by atoms with Crippen LogP contribution in [0.3, 0.4) is 0 Å². The van der Waals surface area contributed by atoms with E-state index in [1.54, 1.807) is 0 Å². The fraction of sp³-hybridized carbons (Fsp3) is 0.467. The Balaban J connectivity index is 2.02. The standard InChI is InChI=1S/C15H19N3O/c1-11(19)17-14-8-6-12(7-9-14)15(10-16)18-13-4-2-3-5-13/h6-9,13,15,18H,2-5H2,1H3,(H,17,19). The maximum Gasteiger partial charge on any atom is 0.221 e. The molecular weight excluding hydrogens is 238 g/mol. The van der Waals surface area contributed by atoms with Crippen molar-refractivity contribution in [1.29, 1.82) is 5.26 Å². The Labute approximate surface area is 113 Å². The van der Waals surface area contributed by atoms with Gasteiger partial charge in [-0.05, 0) is 30.5 Å². The zero-order chi connectivity index (χ0) is 13.7. The predicted molar refractivity (Wildman–Crippen MR) is 74.5 cm³/mol. The summed E-state index contributed by atoms with van der Waals surface area (Å²) < 4.78 is 0. The lowest BCUT2D eigenvalue weighted by Crippen LogP contribution is -2.29. The predicted octanol–water partition coefficient (Wildman–Crippen LogP) is 2.74. The normalized spacial score (nSPS) is 16.8. The van der Waals surface area contributed by atoms with Crippen LogP contribution in [0.2, 0.25) is 0 Å². The molecule has 1 aromatic carbocycles. The maximum atomic E-state index is 10.9. The smallest absolute Gasteiger partial charge is 0.221 e. The van der Waals surface area contributed by atoms with Gasteiger partial charge in [-0.3, -0.25) is 10.1 Å². The van der Waals surface area contributed by atoms with E-state index in [0.29, 0.717) is 6.04 Å². The lowest BCUT2D eigenvalue weighted by molar-refractivity contribution is -0.114. The molecule has 1 atom stereocenters. The SMILES string of the molecule is CC(=O)Nc1ccc(C(C#N)NC2CCCC2)cc1. The molecule has 100 valence electrons. The van der Waals surface area contributed by atoms with Gasteiger partial charge in [0.1, 0.15) is 6.04 Å². The van der Waals surface area contributed by atoms with Gasteiger partial charge in [-0.1, -0.05) is 25.0 Å². The number of hydrogen-bond donors (Lipinski definition) is 2. The molecule has 2 rings (SSSR count). The van der Waals surface area contributed by atoms with E-state index >= 15 is 0 Å². The molecule has 1 aromatic rings. The van der Waals surface area contributed by atoms with E-state index in [1.165, 1.54) is 19.8 Å². The number of carbonyl (C=O) groups is 1. The van der Waals surface area contributed by atoms with Crippen molar-refractivity contribution < 1.29 is 4.79 Å². The lowest BCUT2D eigenvalue weighted by atomic mass is 10.1. The summed E-state index contributed by atoms with van der Waals surface area (Å²) in [6, 6.07) is 9.94. The van der Waals surface area contributed by atoms with Gasteiger partial charge in [0, 0.05) is 18.7 Å². The van der Waals surface area contributed by atoms with Crippen molar-refractivity contribution in [3.8, 4) is 6.07 Å². The summed E-state index contributed by atoms with van der Waals surface area (Å²) in [5, 5.41) is 15.4. The average Bonchev–Trinajstić information content (AvgIpc) is 2.89. The van der Waals surface area contributed by atoms with Crippen LogP contribution in [-0.4, -0.2) is 11.9 Å². The highest BCUT2D eigenvalue weighted by atomic mass is 16.1. The zero-order valence-electron chi connectivity index (χ0n) is 11.1. The zero-order valence-corrected chi connectivity index (χ0v) is 11.1. The Hall–Kier alpha value is -1.86. The molecule has 1 saturated carbocycles. The molecule has 1 amide bonds. The molecule has 19 heavy (non-hydrogen) atoms. The summed E-state index contributed by atoms with van der Waals surface area (Å²) in [5.41, 5.74) is 1.71. The van der Waals surface area contributed by atoms with E-state index in [0.717, 1.165) is 24.1 Å². The van der Waals surface area contributed by atoms with Gasteiger partial charge < -0.3 is 5.32 Å². The number of nitrogens with zero attached hydrogens (tertiary/aromatic N) is 1. The van der Waals surface area contributed by atoms with Crippen LogP contribution < -0.4 is 10.6 Å². The van der Waals surface area contributed by atoms with E-state index in [-0.39, 0.29) is 11.9 Å². The van der Waals surface area contributed by atoms with Crippen LogP contribution in [-0.2, 0) is 4.79 Å². The Morgan fingerprint density at radius 1 is 1.32 bits per heavy atom. The van der Waals surface area contributed by atoms with Crippen LogP contribution in [0, 0.1) is 11.3 Å².